The maximum Gasteiger partial charge on any atom is 0.327 e. The molecule has 1 N–H and O–H groups in total. The topological polar surface area (TPSA) is 64.1 Å². The number of rotatable bonds is 5. The van der Waals surface area contributed by atoms with Crippen LogP contribution in [0.1, 0.15) is 13.8 Å². The molecule has 0 aromatic heterocycles. The molecule has 6 nitrogen and oxygen atoms in total. The second-order valence-corrected chi connectivity index (χ2v) is 6.45. The lowest BCUT2D eigenvalue weighted by Gasteiger charge is -2.39. The van der Waals surface area contributed by atoms with Crippen molar-refractivity contribution < 1.29 is 14.7 Å². The lowest BCUT2D eigenvalue weighted by molar-refractivity contribution is -0.141. The van der Waals surface area contributed by atoms with Crippen LogP contribution in [0.3, 0.4) is 0 Å². The first-order valence-electron chi connectivity index (χ1n) is 6.91. The molecule has 2 atom stereocenters. The second kappa shape index (κ2) is 7.73. The largest absolute Gasteiger partial charge is 0.480 e. The maximum absolute atomic E-state index is 12.6. The van der Waals surface area contributed by atoms with Crippen LogP contribution >= 0.6 is 11.8 Å². The molecule has 0 aromatic rings. The molecule has 2 amide bonds. The van der Waals surface area contributed by atoms with E-state index in [1.165, 1.54) is 4.90 Å². The molecule has 1 aliphatic heterocycles. The number of likely N-dealkylation sites (N-methyl/N-ethyl adjacent to an activating group) is 2. The van der Waals surface area contributed by atoms with E-state index in [1.807, 2.05) is 32.8 Å². The molecule has 0 radical (unpaired) electrons. The number of nitrogens with zero attached hydrogens (tertiary/aromatic N) is 3. The summed E-state index contributed by atoms with van der Waals surface area (Å²) in [5, 5.41) is 9.26. The van der Waals surface area contributed by atoms with E-state index in [0.29, 0.717) is 18.8 Å². The van der Waals surface area contributed by atoms with Gasteiger partial charge in [-0.05, 0) is 27.9 Å². The molecule has 0 bridgehead atoms. The van der Waals surface area contributed by atoms with Gasteiger partial charge in [-0.1, -0.05) is 0 Å². The van der Waals surface area contributed by atoms with Crippen molar-refractivity contribution in [3.8, 4) is 0 Å². The van der Waals surface area contributed by atoms with Crippen molar-refractivity contribution in [1.29, 1.82) is 0 Å². The zero-order valence-corrected chi connectivity index (χ0v) is 13.5. The number of hydrogen-bond donors (Lipinski definition) is 1. The third-order valence-electron chi connectivity index (χ3n) is 3.41. The highest BCUT2D eigenvalue weighted by Gasteiger charge is 2.35. The molecule has 1 saturated heterocycles. The fourth-order valence-electron chi connectivity index (χ4n) is 2.46. The van der Waals surface area contributed by atoms with E-state index in [2.05, 4.69) is 0 Å². The fourth-order valence-corrected chi connectivity index (χ4v) is 3.50. The summed E-state index contributed by atoms with van der Waals surface area (Å²) < 4.78 is 0. The lowest BCUT2D eigenvalue weighted by atomic mass is 10.2. The molecule has 0 aromatic carbocycles. The van der Waals surface area contributed by atoms with Crippen molar-refractivity contribution >= 4 is 23.8 Å². The zero-order valence-electron chi connectivity index (χ0n) is 12.7. The number of carbonyl (C=O) groups is 2. The van der Waals surface area contributed by atoms with Gasteiger partial charge in [-0.15, -0.1) is 0 Å². The summed E-state index contributed by atoms with van der Waals surface area (Å²) in [5.41, 5.74) is 0. The molecule has 2 unspecified atom stereocenters. The standard InChI is InChI=1S/C13H25N3O3S/c1-5-15(10(2)8-14(3)4)13(19)16-6-7-20-9-11(16)12(17)18/h10-11H,5-9H2,1-4H3,(H,17,18). The van der Waals surface area contributed by atoms with Gasteiger partial charge in [-0.2, -0.15) is 11.8 Å². The molecule has 1 fully saturated rings. The summed E-state index contributed by atoms with van der Waals surface area (Å²) in [6, 6.07) is -0.803. The Morgan fingerprint density at radius 3 is 2.60 bits per heavy atom. The van der Waals surface area contributed by atoms with Gasteiger partial charge in [0, 0.05) is 37.2 Å². The Labute approximate surface area is 125 Å². The number of carboxylic acid groups (broad SMARTS) is 1. The van der Waals surface area contributed by atoms with Gasteiger partial charge in [-0.3, -0.25) is 0 Å². The van der Waals surface area contributed by atoms with Crippen LogP contribution in [0.5, 0.6) is 0 Å². The van der Waals surface area contributed by atoms with E-state index < -0.39 is 12.0 Å². The van der Waals surface area contributed by atoms with E-state index in [1.54, 1.807) is 16.7 Å². The Morgan fingerprint density at radius 1 is 1.45 bits per heavy atom. The molecule has 0 spiro atoms. The number of thioether (sulfide) groups is 1. The predicted octanol–water partition coefficient (Wildman–Crippen LogP) is 0.880. The van der Waals surface area contributed by atoms with Crippen LogP contribution in [0.25, 0.3) is 0 Å². The highest BCUT2D eigenvalue weighted by Crippen LogP contribution is 2.19. The van der Waals surface area contributed by atoms with Gasteiger partial charge in [0.1, 0.15) is 6.04 Å². The Hall–Kier alpha value is -0.950. The van der Waals surface area contributed by atoms with Crippen LogP contribution < -0.4 is 0 Å². The van der Waals surface area contributed by atoms with Gasteiger partial charge < -0.3 is 19.8 Å². The third kappa shape index (κ3) is 4.28. The van der Waals surface area contributed by atoms with Crippen molar-refractivity contribution in [3.05, 3.63) is 0 Å². The summed E-state index contributed by atoms with van der Waals surface area (Å²) >= 11 is 1.59. The van der Waals surface area contributed by atoms with E-state index in [4.69, 9.17) is 0 Å². The monoisotopic (exact) mass is 303 g/mol. The third-order valence-corrected chi connectivity index (χ3v) is 4.43. The minimum absolute atomic E-state index is 0.0616. The van der Waals surface area contributed by atoms with Crippen LogP contribution in [-0.4, -0.2) is 89.1 Å². The van der Waals surface area contributed by atoms with E-state index in [-0.39, 0.29) is 12.1 Å². The van der Waals surface area contributed by atoms with Crippen molar-refractivity contribution in [2.75, 3.05) is 45.2 Å². The first kappa shape index (κ1) is 17.1. The van der Waals surface area contributed by atoms with E-state index >= 15 is 0 Å². The molecule has 7 heteroatoms. The number of hydrogen-bond acceptors (Lipinski definition) is 4. The normalized spacial score (nSPS) is 20.9. The number of carbonyl (C=O) groups excluding carboxylic acids is 1. The van der Waals surface area contributed by atoms with Crippen LogP contribution in [0.4, 0.5) is 4.79 Å². The molecular weight excluding hydrogens is 278 g/mol. The molecule has 20 heavy (non-hydrogen) atoms. The molecule has 1 aliphatic rings. The fraction of sp³-hybridized carbons (Fsp3) is 0.846. The van der Waals surface area contributed by atoms with Crippen molar-refractivity contribution in [2.45, 2.75) is 25.9 Å². The minimum Gasteiger partial charge on any atom is -0.480 e. The Balaban J connectivity index is 2.80. The molecule has 1 rings (SSSR count). The summed E-state index contributed by atoms with van der Waals surface area (Å²) in [6.07, 6.45) is 0. The van der Waals surface area contributed by atoms with E-state index in [9.17, 15) is 14.7 Å². The molecule has 0 aliphatic carbocycles. The average molecular weight is 303 g/mol. The van der Waals surface area contributed by atoms with Gasteiger partial charge in [0.05, 0.1) is 0 Å². The maximum atomic E-state index is 12.6. The molecule has 116 valence electrons. The van der Waals surface area contributed by atoms with Gasteiger partial charge in [0.2, 0.25) is 0 Å². The number of aliphatic carboxylic acids is 1. The van der Waals surface area contributed by atoms with Crippen LogP contribution in [0.15, 0.2) is 0 Å². The highest BCUT2D eigenvalue weighted by atomic mass is 32.2. The van der Waals surface area contributed by atoms with E-state index in [0.717, 1.165) is 12.3 Å². The van der Waals surface area contributed by atoms with Gasteiger partial charge in [-0.25, -0.2) is 9.59 Å². The summed E-state index contributed by atoms with van der Waals surface area (Å²) in [5.74, 6) is 0.359. The number of carboxylic acids is 1. The smallest absolute Gasteiger partial charge is 0.327 e. The molecule has 0 saturated carbocycles. The van der Waals surface area contributed by atoms with Crippen LogP contribution in [0.2, 0.25) is 0 Å². The first-order valence-corrected chi connectivity index (χ1v) is 8.06. The van der Waals surface area contributed by atoms with Crippen LogP contribution in [0, 0.1) is 0 Å². The van der Waals surface area contributed by atoms with Gasteiger partial charge in [0.15, 0.2) is 0 Å². The van der Waals surface area contributed by atoms with Crippen molar-refractivity contribution in [3.63, 3.8) is 0 Å². The SMILES string of the molecule is CCN(C(=O)N1CCSCC1C(=O)O)C(C)CN(C)C. The Bertz CT molecular complexity index is 352. The zero-order chi connectivity index (χ0) is 15.3. The van der Waals surface area contributed by atoms with Crippen LogP contribution in [-0.2, 0) is 4.79 Å². The Morgan fingerprint density at radius 2 is 2.10 bits per heavy atom. The quantitative estimate of drug-likeness (QED) is 0.817. The van der Waals surface area contributed by atoms with Crippen molar-refractivity contribution in [2.24, 2.45) is 0 Å². The average Bonchev–Trinajstić information content (AvgIpc) is 2.38. The van der Waals surface area contributed by atoms with Gasteiger partial charge >= 0.3 is 12.0 Å². The summed E-state index contributed by atoms with van der Waals surface area (Å²) in [7, 11) is 3.93. The Kier molecular flexibility index (Phi) is 6.61. The predicted molar refractivity (Wildman–Crippen MR) is 81.2 cm³/mol. The number of urea groups is 1. The molecule has 1 heterocycles. The van der Waals surface area contributed by atoms with Crippen molar-refractivity contribution in [1.82, 2.24) is 14.7 Å². The second-order valence-electron chi connectivity index (χ2n) is 5.30. The van der Waals surface area contributed by atoms with Gasteiger partial charge in [0.25, 0.3) is 0 Å². The minimum atomic E-state index is -0.915. The lowest BCUT2D eigenvalue weighted by Crippen LogP contribution is -2.57. The molecular formula is C13H25N3O3S. The first-order chi connectivity index (χ1) is 9.38. The number of amides is 2. The summed E-state index contributed by atoms with van der Waals surface area (Å²) in [6.45, 7) is 5.78. The summed E-state index contributed by atoms with van der Waals surface area (Å²) in [4.78, 5) is 29.2. The highest BCUT2D eigenvalue weighted by molar-refractivity contribution is 7.99.